The lowest BCUT2D eigenvalue weighted by Crippen LogP contribution is -2.45. The number of esters is 1. The number of hydrogen-bond donors (Lipinski definition) is 2. The fraction of sp³-hybridized carbons (Fsp3) is 0.467. The van der Waals surface area contributed by atoms with E-state index in [1.54, 1.807) is 12.1 Å². The van der Waals surface area contributed by atoms with Crippen molar-refractivity contribution in [1.29, 1.82) is 0 Å². The average molecular weight is 311 g/mol. The van der Waals surface area contributed by atoms with Gasteiger partial charge in [0.05, 0.1) is 23.7 Å². The number of hydrogen-bond acceptors (Lipinski definition) is 4. The number of nitrogens with one attached hydrogen (secondary N) is 2. The van der Waals surface area contributed by atoms with Crippen LogP contribution in [0.15, 0.2) is 18.2 Å². The summed E-state index contributed by atoms with van der Waals surface area (Å²) in [5.74, 6) is -0.0990. The summed E-state index contributed by atoms with van der Waals surface area (Å²) in [6, 6.07) is 4.56. The molecule has 1 heterocycles. The molecule has 1 aromatic carbocycles. The minimum absolute atomic E-state index is 0.0975. The van der Waals surface area contributed by atoms with Crippen molar-refractivity contribution in [2.45, 2.75) is 25.8 Å². The number of carbonyl (C=O) groups excluding carboxylic acids is 2. The number of methoxy groups -OCH3 is 1. The van der Waals surface area contributed by atoms with Crippen LogP contribution in [0, 0.1) is 5.92 Å². The number of carbonyl (C=O) groups is 2. The van der Waals surface area contributed by atoms with Crippen LogP contribution < -0.4 is 10.6 Å². The highest BCUT2D eigenvalue weighted by molar-refractivity contribution is 6.33. The van der Waals surface area contributed by atoms with Gasteiger partial charge < -0.3 is 15.4 Å². The molecule has 2 atom stereocenters. The minimum atomic E-state index is -0.527. The fourth-order valence-corrected chi connectivity index (χ4v) is 2.60. The Labute approximate surface area is 129 Å². The first kappa shape index (κ1) is 15.8. The Morgan fingerprint density at radius 2 is 2.19 bits per heavy atom. The first-order valence-electron chi connectivity index (χ1n) is 6.93. The summed E-state index contributed by atoms with van der Waals surface area (Å²) < 4.78 is 4.66. The van der Waals surface area contributed by atoms with Gasteiger partial charge in [0.2, 0.25) is 5.91 Å². The van der Waals surface area contributed by atoms with Crippen LogP contribution in [0.1, 0.15) is 30.1 Å². The highest BCUT2D eigenvalue weighted by Gasteiger charge is 2.24. The Bertz CT molecular complexity index is 548. The summed E-state index contributed by atoms with van der Waals surface area (Å²) in [7, 11) is 1.29. The molecule has 1 amide bonds. The maximum atomic E-state index is 12.2. The lowest BCUT2D eigenvalue weighted by molar-refractivity contribution is -0.119. The lowest BCUT2D eigenvalue weighted by Gasteiger charge is -2.27. The van der Waals surface area contributed by atoms with Crippen molar-refractivity contribution < 1.29 is 14.3 Å². The van der Waals surface area contributed by atoms with E-state index in [2.05, 4.69) is 22.3 Å². The van der Waals surface area contributed by atoms with Gasteiger partial charge in [0.15, 0.2) is 0 Å². The average Bonchev–Trinajstić information content (AvgIpc) is 2.48. The zero-order chi connectivity index (χ0) is 15.4. The molecular formula is C15H19ClN2O3. The molecule has 1 aliphatic rings. The van der Waals surface area contributed by atoms with E-state index >= 15 is 0 Å². The van der Waals surface area contributed by atoms with Gasteiger partial charge in [-0.2, -0.15) is 0 Å². The summed E-state index contributed by atoms with van der Waals surface area (Å²) in [5, 5.41) is 6.31. The normalized spacial score (nSPS) is 21.7. The molecular weight excluding hydrogens is 292 g/mol. The van der Waals surface area contributed by atoms with E-state index in [9.17, 15) is 9.59 Å². The molecule has 0 spiro atoms. The monoisotopic (exact) mass is 310 g/mol. The first-order chi connectivity index (χ1) is 10.0. The first-order valence-corrected chi connectivity index (χ1v) is 7.31. The van der Waals surface area contributed by atoms with Gasteiger partial charge in [0, 0.05) is 5.69 Å². The molecule has 2 unspecified atom stereocenters. The molecule has 0 radical (unpaired) electrons. The molecule has 6 heteroatoms. The van der Waals surface area contributed by atoms with Crippen LogP contribution in [0.25, 0.3) is 0 Å². The van der Waals surface area contributed by atoms with Crippen molar-refractivity contribution in [3.8, 4) is 0 Å². The highest BCUT2D eigenvalue weighted by Crippen LogP contribution is 2.22. The van der Waals surface area contributed by atoms with Crippen LogP contribution in [0.4, 0.5) is 5.69 Å². The van der Waals surface area contributed by atoms with Crippen molar-refractivity contribution in [1.82, 2.24) is 5.32 Å². The fourth-order valence-electron chi connectivity index (χ4n) is 2.41. The summed E-state index contributed by atoms with van der Waals surface area (Å²) in [6.45, 7) is 2.98. The topological polar surface area (TPSA) is 67.4 Å². The van der Waals surface area contributed by atoms with E-state index in [-0.39, 0.29) is 17.5 Å². The smallest absolute Gasteiger partial charge is 0.339 e. The molecule has 0 aliphatic carbocycles. The third-order valence-corrected chi connectivity index (χ3v) is 3.95. The SMILES string of the molecule is COC(=O)c1cc(NC(=O)C2CC(C)CCN2)ccc1Cl. The van der Waals surface area contributed by atoms with Crippen LogP contribution in [0.2, 0.25) is 5.02 Å². The number of piperidine rings is 1. The third-order valence-electron chi connectivity index (χ3n) is 3.62. The van der Waals surface area contributed by atoms with Crippen LogP contribution in [-0.4, -0.2) is 31.6 Å². The Balaban J connectivity index is 2.08. The van der Waals surface area contributed by atoms with E-state index in [1.165, 1.54) is 13.2 Å². The van der Waals surface area contributed by atoms with E-state index in [0.29, 0.717) is 16.6 Å². The Morgan fingerprint density at radius 1 is 1.43 bits per heavy atom. The summed E-state index contributed by atoms with van der Waals surface area (Å²) in [6.07, 6.45) is 1.89. The predicted molar refractivity (Wildman–Crippen MR) is 81.6 cm³/mol. The van der Waals surface area contributed by atoms with E-state index in [0.717, 1.165) is 19.4 Å². The maximum absolute atomic E-state index is 12.2. The molecule has 5 nitrogen and oxygen atoms in total. The van der Waals surface area contributed by atoms with Crippen molar-refractivity contribution in [2.75, 3.05) is 19.0 Å². The predicted octanol–water partition coefficient (Wildman–Crippen LogP) is 2.45. The molecule has 21 heavy (non-hydrogen) atoms. The molecule has 2 rings (SSSR count). The van der Waals surface area contributed by atoms with Crippen LogP contribution >= 0.6 is 11.6 Å². The van der Waals surface area contributed by atoms with Gasteiger partial charge in [-0.3, -0.25) is 4.79 Å². The van der Waals surface area contributed by atoms with Gasteiger partial charge in [0.1, 0.15) is 0 Å². The second-order valence-electron chi connectivity index (χ2n) is 5.31. The molecule has 114 valence electrons. The molecule has 1 saturated heterocycles. The Morgan fingerprint density at radius 3 is 2.86 bits per heavy atom. The standard InChI is InChI=1S/C15H19ClN2O3/c1-9-5-6-17-13(7-9)14(19)18-10-3-4-12(16)11(8-10)15(20)21-2/h3-4,8-9,13,17H,5-7H2,1-2H3,(H,18,19). The summed E-state index contributed by atoms with van der Waals surface area (Å²) in [4.78, 5) is 23.8. The molecule has 1 aliphatic heterocycles. The summed E-state index contributed by atoms with van der Waals surface area (Å²) >= 11 is 5.95. The minimum Gasteiger partial charge on any atom is -0.465 e. The lowest BCUT2D eigenvalue weighted by atomic mass is 9.94. The quantitative estimate of drug-likeness (QED) is 0.842. The molecule has 1 aromatic rings. The van der Waals surface area contributed by atoms with Crippen molar-refractivity contribution in [3.05, 3.63) is 28.8 Å². The van der Waals surface area contributed by atoms with Crippen molar-refractivity contribution in [2.24, 2.45) is 5.92 Å². The van der Waals surface area contributed by atoms with Gasteiger partial charge >= 0.3 is 5.97 Å². The molecule has 1 fully saturated rings. The van der Waals surface area contributed by atoms with Crippen LogP contribution in [-0.2, 0) is 9.53 Å². The molecule has 0 saturated carbocycles. The van der Waals surface area contributed by atoms with Gasteiger partial charge in [-0.25, -0.2) is 4.79 Å². The van der Waals surface area contributed by atoms with Crippen LogP contribution in [0.5, 0.6) is 0 Å². The molecule has 0 bridgehead atoms. The molecule has 2 N–H and O–H groups in total. The second kappa shape index (κ2) is 6.91. The molecule has 0 aromatic heterocycles. The van der Waals surface area contributed by atoms with E-state index in [1.807, 2.05) is 0 Å². The number of amides is 1. The zero-order valence-corrected chi connectivity index (χ0v) is 12.9. The zero-order valence-electron chi connectivity index (χ0n) is 12.1. The van der Waals surface area contributed by atoms with E-state index in [4.69, 9.17) is 11.6 Å². The van der Waals surface area contributed by atoms with E-state index < -0.39 is 5.97 Å². The second-order valence-corrected chi connectivity index (χ2v) is 5.72. The highest BCUT2D eigenvalue weighted by atomic mass is 35.5. The van der Waals surface area contributed by atoms with Gasteiger partial charge in [0.25, 0.3) is 0 Å². The number of rotatable bonds is 3. The number of benzene rings is 1. The van der Waals surface area contributed by atoms with Crippen molar-refractivity contribution >= 4 is 29.2 Å². The third kappa shape index (κ3) is 3.95. The number of anilines is 1. The Hall–Kier alpha value is -1.59. The largest absolute Gasteiger partial charge is 0.465 e. The summed E-state index contributed by atoms with van der Waals surface area (Å²) in [5.41, 5.74) is 0.770. The number of halogens is 1. The van der Waals surface area contributed by atoms with Crippen molar-refractivity contribution in [3.63, 3.8) is 0 Å². The number of ether oxygens (including phenoxy) is 1. The van der Waals surface area contributed by atoms with Gasteiger partial charge in [-0.1, -0.05) is 18.5 Å². The van der Waals surface area contributed by atoms with Gasteiger partial charge in [-0.05, 0) is 43.5 Å². The van der Waals surface area contributed by atoms with Crippen LogP contribution in [0.3, 0.4) is 0 Å². The maximum Gasteiger partial charge on any atom is 0.339 e. The van der Waals surface area contributed by atoms with Gasteiger partial charge in [-0.15, -0.1) is 0 Å². The Kier molecular flexibility index (Phi) is 5.20.